The summed E-state index contributed by atoms with van der Waals surface area (Å²) in [6.07, 6.45) is 0. The van der Waals surface area contributed by atoms with Crippen LogP contribution in [-0.2, 0) is 0 Å². The van der Waals surface area contributed by atoms with Gasteiger partial charge in [0.1, 0.15) is 18.6 Å². The molecule has 1 atom stereocenters. The molecule has 0 radical (unpaired) electrons. The molecule has 2 aliphatic heterocycles. The molecule has 2 aliphatic rings. The third kappa shape index (κ3) is 3.33. The largest absolute Gasteiger partial charge is 0.486 e. The summed E-state index contributed by atoms with van der Waals surface area (Å²) in [5, 5.41) is 3.04. The number of hydrogen-bond acceptors (Lipinski definition) is 4. The number of ether oxygens (including phenoxy) is 2. The van der Waals surface area contributed by atoms with Gasteiger partial charge in [-0.25, -0.2) is 4.79 Å². The van der Waals surface area contributed by atoms with Gasteiger partial charge in [-0.1, -0.05) is 23.8 Å². The fourth-order valence-corrected chi connectivity index (χ4v) is 4.55. The standard InChI is InChI=1S/C20H22N2O3S/c1-13-3-5-16(14(2)11-13)21-20(23)22-7-10-26-19(22)15-4-6-17-18(12-15)25-9-8-24-17/h3-6,11-12,19H,7-10H2,1-2H3,(H,21,23)/t19-/m0/s1. The molecule has 6 heteroatoms. The monoisotopic (exact) mass is 370 g/mol. The van der Waals surface area contributed by atoms with Crippen LogP contribution in [0.3, 0.4) is 0 Å². The molecule has 4 rings (SSSR count). The van der Waals surface area contributed by atoms with Crippen molar-refractivity contribution in [3.63, 3.8) is 0 Å². The Hall–Kier alpha value is -2.34. The van der Waals surface area contributed by atoms with Crippen molar-refractivity contribution in [3.05, 3.63) is 53.1 Å². The molecular weight excluding hydrogens is 348 g/mol. The number of carbonyl (C=O) groups excluding carboxylic acids is 1. The number of fused-ring (bicyclic) bond motifs is 1. The molecular formula is C20H22N2O3S. The van der Waals surface area contributed by atoms with Crippen molar-refractivity contribution in [2.75, 3.05) is 30.8 Å². The molecule has 0 bridgehead atoms. The highest BCUT2D eigenvalue weighted by molar-refractivity contribution is 7.99. The van der Waals surface area contributed by atoms with Crippen molar-refractivity contribution in [1.82, 2.24) is 4.90 Å². The van der Waals surface area contributed by atoms with Gasteiger partial charge in [0.15, 0.2) is 11.5 Å². The Balaban J connectivity index is 1.53. The van der Waals surface area contributed by atoms with Crippen LogP contribution in [0.1, 0.15) is 22.1 Å². The molecule has 2 heterocycles. The molecule has 1 saturated heterocycles. The molecule has 2 aromatic rings. The highest BCUT2D eigenvalue weighted by Gasteiger charge is 2.31. The highest BCUT2D eigenvalue weighted by Crippen LogP contribution is 2.42. The lowest BCUT2D eigenvalue weighted by Gasteiger charge is -2.26. The van der Waals surface area contributed by atoms with Gasteiger partial charge >= 0.3 is 6.03 Å². The van der Waals surface area contributed by atoms with Crippen LogP contribution < -0.4 is 14.8 Å². The summed E-state index contributed by atoms with van der Waals surface area (Å²) in [6.45, 7) is 5.92. The summed E-state index contributed by atoms with van der Waals surface area (Å²) in [4.78, 5) is 14.8. The van der Waals surface area contributed by atoms with Crippen molar-refractivity contribution < 1.29 is 14.3 Å². The second-order valence-electron chi connectivity index (χ2n) is 6.57. The van der Waals surface area contributed by atoms with E-state index in [1.54, 1.807) is 11.8 Å². The van der Waals surface area contributed by atoms with E-state index in [4.69, 9.17) is 9.47 Å². The van der Waals surface area contributed by atoms with E-state index >= 15 is 0 Å². The molecule has 0 aliphatic carbocycles. The van der Waals surface area contributed by atoms with Crippen molar-refractivity contribution in [1.29, 1.82) is 0 Å². The predicted molar refractivity (Wildman–Crippen MR) is 104 cm³/mol. The molecule has 1 N–H and O–H groups in total. The maximum Gasteiger partial charge on any atom is 0.323 e. The van der Waals surface area contributed by atoms with Gasteiger partial charge in [0.2, 0.25) is 0 Å². The molecule has 136 valence electrons. The van der Waals surface area contributed by atoms with Crippen molar-refractivity contribution >= 4 is 23.5 Å². The first-order valence-corrected chi connectivity index (χ1v) is 9.83. The minimum absolute atomic E-state index is 0.0171. The third-order valence-electron chi connectivity index (χ3n) is 4.63. The number of urea groups is 1. The van der Waals surface area contributed by atoms with Gasteiger partial charge in [-0.3, -0.25) is 0 Å². The molecule has 5 nitrogen and oxygen atoms in total. The zero-order chi connectivity index (χ0) is 18.1. The highest BCUT2D eigenvalue weighted by atomic mass is 32.2. The third-order valence-corrected chi connectivity index (χ3v) is 5.89. The molecule has 0 spiro atoms. The number of aryl methyl sites for hydroxylation is 2. The molecule has 2 amide bonds. The second-order valence-corrected chi connectivity index (χ2v) is 7.76. The van der Waals surface area contributed by atoms with Crippen molar-refractivity contribution in [2.24, 2.45) is 0 Å². The van der Waals surface area contributed by atoms with Crippen LogP contribution in [0.4, 0.5) is 10.5 Å². The summed E-state index contributed by atoms with van der Waals surface area (Å²) in [5.41, 5.74) is 4.18. The van der Waals surface area contributed by atoms with Crippen LogP contribution in [0, 0.1) is 13.8 Å². The number of nitrogens with one attached hydrogen (secondary N) is 1. The fourth-order valence-electron chi connectivity index (χ4n) is 3.31. The fraction of sp³-hybridized carbons (Fsp3) is 0.350. The lowest BCUT2D eigenvalue weighted by molar-refractivity contribution is 0.171. The normalized spacial score (nSPS) is 18.7. The Morgan fingerprint density at radius 3 is 2.73 bits per heavy atom. The first kappa shape index (κ1) is 17.1. The molecule has 0 aromatic heterocycles. The SMILES string of the molecule is Cc1ccc(NC(=O)N2CCS[C@H]2c2ccc3c(c2)OCCO3)c(C)c1. The van der Waals surface area contributed by atoms with Gasteiger partial charge in [-0.05, 0) is 43.2 Å². The van der Waals surface area contributed by atoms with E-state index in [1.165, 1.54) is 5.56 Å². The van der Waals surface area contributed by atoms with E-state index in [1.807, 2.05) is 49.1 Å². The van der Waals surface area contributed by atoms with Crippen LogP contribution in [0.25, 0.3) is 0 Å². The van der Waals surface area contributed by atoms with Crippen LogP contribution in [-0.4, -0.2) is 36.4 Å². The topological polar surface area (TPSA) is 50.8 Å². The average Bonchev–Trinajstić information content (AvgIpc) is 3.13. The van der Waals surface area contributed by atoms with E-state index in [2.05, 4.69) is 11.4 Å². The van der Waals surface area contributed by atoms with Crippen molar-refractivity contribution in [2.45, 2.75) is 19.2 Å². The van der Waals surface area contributed by atoms with Crippen LogP contribution in [0.15, 0.2) is 36.4 Å². The molecule has 26 heavy (non-hydrogen) atoms. The van der Waals surface area contributed by atoms with Crippen LogP contribution >= 0.6 is 11.8 Å². The van der Waals surface area contributed by atoms with Crippen LogP contribution in [0.2, 0.25) is 0 Å². The quantitative estimate of drug-likeness (QED) is 0.854. The molecule has 1 fully saturated rings. The Labute approximate surface area is 157 Å². The van der Waals surface area contributed by atoms with Gasteiger partial charge in [-0.15, -0.1) is 11.8 Å². The minimum Gasteiger partial charge on any atom is -0.486 e. The van der Waals surface area contributed by atoms with E-state index in [0.717, 1.165) is 40.6 Å². The van der Waals surface area contributed by atoms with E-state index in [9.17, 15) is 4.79 Å². The molecule has 2 aromatic carbocycles. The number of amides is 2. The zero-order valence-electron chi connectivity index (χ0n) is 15.0. The number of hydrogen-bond donors (Lipinski definition) is 1. The van der Waals surface area contributed by atoms with Gasteiger partial charge in [0.25, 0.3) is 0 Å². The smallest absolute Gasteiger partial charge is 0.323 e. The maximum absolute atomic E-state index is 12.9. The van der Waals surface area contributed by atoms with Gasteiger partial charge in [0.05, 0.1) is 0 Å². The van der Waals surface area contributed by atoms with Gasteiger partial charge in [-0.2, -0.15) is 0 Å². The summed E-state index contributed by atoms with van der Waals surface area (Å²) < 4.78 is 11.3. The number of benzene rings is 2. The van der Waals surface area contributed by atoms with E-state index in [-0.39, 0.29) is 11.4 Å². The second kappa shape index (κ2) is 7.11. The Morgan fingerprint density at radius 1 is 1.12 bits per heavy atom. The van der Waals surface area contributed by atoms with Gasteiger partial charge < -0.3 is 19.7 Å². The number of thioether (sulfide) groups is 1. The molecule has 0 saturated carbocycles. The summed E-state index contributed by atoms with van der Waals surface area (Å²) >= 11 is 1.77. The Bertz CT molecular complexity index is 840. The number of carbonyl (C=O) groups is 1. The average molecular weight is 370 g/mol. The van der Waals surface area contributed by atoms with Gasteiger partial charge in [0, 0.05) is 18.0 Å². The number of anilines is 1. The maximum atomic E-state index is 12.9. The summed E-state index contributed by atoms with van der Waals surface area (Å²) in [7, 11) is 0. The Morgan fingerprint density at radius 2 is 1.92 bits per heavy atom. The summed E-state index contributed by atoms with van der Waals surface area (Å²) in [6, 6.07) is 11.9. The van der Waals surface area contributed by atoms with E-state index < -0.39 is 0 Å². The number of nitrogens with zero attached hydrogens (tertiary/aromatic N) is 1. The van der Waals surface area contributed by atoms with Crippen molar-refractivity contribution in [3.8, 4) is 11.5 Å². The minimum atomic E-state index is -0.0677. The summed E-state index contributed by atoms with van der Waals surface area (Å²) in [5.74, 6) is 2.45. The lowest BCUT2D eigenvalue weighted by Crippen LogP contribution is -2.34. The van der Waals surface area contributed by atoms with E-state index in [0.29, 0.717) is 13.2 Å². The zero-order valence-corrected chi connectivity index (χ0v) is 15.8. The Kier molecular flexibility index (Phi) is 4.68. The van der Waals surface area contributed by atoms with Crippen LogP contribution in [0.5, 0.6) is 11.5 Å². The first-order chi connectivity index (χ1) is 12.6. The number of rotatable bonds is 2. The lowest BCUT2D eigenvalue weighted by atomic mass is 10.1. The predicted octanol–water partition coefficient (Wildman–Crippen LogP) is 4.35. The molecule has 0 unspecified atom stereocenters. The first-order valence-electron chi connectivity index (χ1n) is 8.78.